The zero-order chi connectivity index (χ0) is 21.8. The summed E-state index contributed by atoms with van der Waals surface area (Å²) in [5, 5.41) is 12.1. The number of rotatable bonds is 7. The fourth-order valence-corrected chi connectivity index (χ4v) is 5.37. The van der Waals surface area contributed by atoms with Crippen LogP contribution in [0.2, 0.25) is 0 Å². The smallest absolute Gasteiger partial charge is 0.348 e. The van der Waals surface area contributed by atoms with Gasteiger partial charge in [0.25, 0.3) is 0 Å². The van der Waals surface area contributed by atoms with Crippen molar-refractivity contribution in [2.24, 2.45) is 7.05 Å². The quantitative estimate of drug-likeness (QED) is 0.504. The number of anilines is 1. The number of carbonyl (C=O) groups is 3. The van der Waals surface area contributed by atoms with Gasteiger partial charge < -0.3 is 19.4 Å². The lowest BCUT2D eigenvalue weighted by atomic mass is 10.1. The Labute approximate surface area is 182 Å². The standard InChI is InChI=1S/C19H24N4O5S2/c1-10-13(17(25)27-3)16(30-14(10)18(26)28-4)20-12(24)9-29-19-22-21-15(23(19)2)11-7-5-6-8-11/h11H,5-9H2,1-4H3,(H,20,24). The van der Waals surface area contributed by atoms with E-state index in [1.165, 1.54) is 38.8 Å². The van der Waals surface area contributed by atoms with Crippen molar-refractivity contribution in [3.63, 3.8) is 0 Å². The molecule has 0 spiro atoms. The van der Waals surface area contributed by atoms with Crippen LogP contribution in [0.1, 0.15) is 63.0 Å². The molecule has 0 saturated heterocycles. The number of thiophene rings is 1. The maximum atomic E-state index is 12.5. The number of esters is 2. The first-order valence-corrected chi connectivity index (χ1v) is 11.3. The van der Waals surface area contributed by atoms with E-state index in [-0.39, 0.29) is 27.1 Å². The summed E-state index contributed by atoms with van der Waals surface area (Å²) < 4.78 is 11.5. The van der Waals surface area contributed by atoms with E-state index in [4.69, 9.17) is 9.47 Å². The molecule has 0 unspecified atom stereocenters. The highest BCUT2D eigenvalue weighted by atomic mass is 32.2. The molecule has 0 atom stereocenters. The maximum Gasteiger partial charge on any atom is 0.348 e. The average molecular weight is 453 g/mol. The monoisotopic (exact) mass is 452 g/mol. The molecule has 1 amide bonds. The van der Waals surface area contributed by atoms with Crippen LogP contribution in [0.15, 0.2) is 5.16 Å². The lowest BCUT2D eigenvalue weighted by Crippen LogP contribution is -2.16. The molecule has 3 rings (SSSR count). The molecule has 0 bridgehead atoms. The molecule has 0 aliphatic heterocycles. The number of thioether (sulfide) groups is 1. The number of methoxy groups -OCH3 is 2. The number of nitrogens with one attached hydrogen (secondary N) is 1. The van der Waals surface area contributed by atoms with Crippen LogP contribution in [-0.2, 0) is 21.3 Å². The van der Waals surface area contributed by atoms with E-state index >= 15 is 0 Å². The number of hydrogen-bond donors (Lipinski definition) is 1. The molecule has 1 fully saturated rings. The summed E-state index contributed by atoms with van der Waals surface area (Å²) in [4.78, 5) is 36.9. The fourth-order valence-electron chi connectivity index (χ4n) is 3.52. The van der Waals surface area contributed by atoms with E-state index in [1.807, 2.05) is 11.6 Å². The lowest BCUT2D eigenvalue weighted by Gasteiger charge is -2.09. The van der Waals surface area contributed by atoms with Gasteiger partial charge in [-0.05, 0) is 25.3 Å². The molecule has 1 aliphatic carbocycles. The van der Waals surface area contributed by atoms with Crippen molar-refractivity contribution >= 4 is 45.9 Å². The number of ether oxygens (including phenoxy) is 2. The van der Waals surface area contributed by atoms with Gasteiger partial charge in [0.05, 0.1) is 25.5 Å². The number of hydrogen-bond acceptors (Lipinski definition) is 9. The van der Waals surface area contributed by atoms with Crippen molar-refractivity contribution in [3.8, 4) is 0 Å². The first kappa shape index (κ1) is 22.3. The molecule has 2 heterocycles. The Balaban J connectivity index is 1.70. The van der Waals surface area contributed by atoms with Crippen molar-refractivity contribution in [1.82, 2.24) is 14.8 Å². The first-order valence-electron chi connectivity index (χ1n) is 9.49. The Morgan fingerprint density at radius 2 is 1.83 bits per heavy atom. The third kappa shape index (κ3) is 4.51. The van der Waals surface area contributed by atoms with Gasteiger partial charge in [0.2, 0.25) is 5.91 Å². The summed E-state index contributed by atoms with van der Waals surface area (Å²) >= 11 is 2.26. The van der Waals surface area contributed by atoms with Gasteiger partial charge in [-0.1, -0.05) is 24.6 Å². The van der Waals surface area contributed by atoms with Crippen molar-refractivity contribution in [3.05, 3.63) is 21.8 Å². The highest BCUT2D eigenvalue weighted by Gasteiger charge is 2.27. The summed E-state index contributed by atoms with van der Waals surface area (Å²) in [6.45, 7) is 1.61. The van der Waals surface area contributed by atoms with Crippen LogP contribution in [0, 0.1) is 6.92 Å². The van der Waals surface area contributed by atoms with E-state index < -0.39 is 11.9 Å². The molecule has 1 N–H and O–H groups in total. The molecule has 0 radical (unpaired) electrons. The van der Waals surface area contributed by atoms with Gasteiger partial charge in [-0.15, -0.1) is 21.5 Å². The van der Waals surface area contributed by atoms with Crippen molar-refractivity contribution < 1.29 is 23.9 Å². The lowest BCUT2D eigenvalue weighted by molar-refractivity contribution is -0.113. The van der Waals surface area contributed by atoms with Gasteiger partial charge in [-0.2, -0.15) is 0 Å². The molecule has 11 heteroatoms. The molecule has 2 aromatic rings. The molecule has 30 heavy (non-hydrogen) atoms. The summed E-state index contributed by atoms with van der Waals surface area (Å²) in [5.41, 5.74) is 0.569. The Hall–Kier alpha value is -2.40. The Kier molecular flexibility index (Phi) is 7.14. The topological polar surface area (TPSA) is 112 Å². The van der Waals surface area contributed by atoms with E-state index in [9.17, 15) is 14.4 Å². The van der Waals surface area contributed by atoms with Crippen LogP contribution in [0.4, 0.5) is 5.00 Å². The molecule has 1 aliphatic rings. The van der Waals surface area contributed by atoms with E-state index in [2.05, 4.69) is 15.5 Å². The predicted molar refractivity (Wildman–Crippen MR) is 113 cm³/mol. The SMILES string of the molecule is COC(=O)c1sc(NC(=O)CSc2nnc(C3CCCC3)n2C)c(C(=O)OC)c1C. The largest absolute Gasteiger partial charge is 0.465 e. The van der Waals surface area contributed by atoms with Crippen LogP contribution in [-0.4, -0.2) is 52.6 Å². The van der Waals surface area contributed by atoms with Crippen LogP contribution in [0.5, 0.6) is 0 Å². The summed E-state index contributed by atoms with van der Waals surface area (Å²) in [6.07, 6.45) is 4.65. The third-order valence-electron chi connectivity index (χ3n) is 5.08. The Bertz CT molecular complexity index is 963. The minimum atomic E-state index is -0.628. The van der Waals surface area contributed by atoms with Crippen molar-refractivity contribution in [2.45, 2.75) is 43.7 Å². The minimum Gasteiger partial charge on any atom is -0.465 e. The van der Waals surface area contributed by atoms with Crippen LogP contribution in [0.3, 0.4) is 0 Å². The van der Waals surface area contributed by atoms with E-state index in [0.717, 1.165) is 30.0 Å². The number of nitrogens with zero attached hydrogens (tertiary/aromatic N) is 3. The second-order valence-electron chi connectivity index (χ2n) is 6.96. The average Bonchev–Trinajstić information content (AvgIpc) is 3.45. The predicted octanol–water partition coefficient (Wildman–Crippen LogP) is 3.15. The van der Waals surface area contributed by atoms with Gasteiger partial charge in [-0.25, -0.2) is 9.59 Å². The molecule has 162 valence electrons. The highest BCUT2D eigenvalue weighted by Crippen LogP contribution is 2.35. The molecular formula is C19H24N4O5S2. The van der Waals surface area contributed by atoms with Gasteiger partial charge in [0.1, 0.15) is 15.7 Å². The van der Waals surface area contributed by atoms with Crippen LogP contribution >= 0.6 is 23.1 Å². The molecule has 0 aromatic carbocycles. The van der Waals surface area contributed by atoms with Gasteiger partial charge in [0, 0.05) is 13.0 Å². The highest BCUT2D eigenvalue weighted by molar-refractivity contribution is 7.99. The number of amides is 1. The fraction of sp³-hybridized carbons (Fsp3) is 0.526. The van der Waals surface area contributed by atoms with Crippen LogP contribution in [0.25, 0.3) is 0 Å². The van der Waals surface area contributed by atoms with Crippen LogP contribution < -0.4 is 5.32 Å². The van der Waals surface area contributed by atoms with Gasteiger partial charge in [-0.3, -0.25) is 4.79 Å². The molecule has 9 nitrogen and oxygen atoms in total. The second kappa shape index (κ2) is 9.61. The summed E-state index contributed by atoms with van der Waals surface area (Å²) in [6, 6.07) is 0. The zero-order valence-corrected chi connectivity index (χ0v) is 18.9. The minimum absolute atomic E-state index is 0.0851. The number of carbonyl (C=O) groups excluding carboxylic acids is 3. The third-order valence-corrected chi connectivity index (χ3v) is 7.29. The van der Waals surface area contributed by atoms with E-state index in [0.29, 0.717) is 16.6 Å². The molecular weight excluding hydrogens is 428 g/mol. The molecule has 1 saturated carbocycles. The van der Waals surface area contributed by atoms with Gasteiger partial charge in [0.15, 0.2) is 5.16 Å². The summed E-state index contributed by atoms with van der Waals surface area (Å²) in [5.74, 6) is -0.0540. The van der Waals surface area contributed by atoms with E-state index in [1.54, 1.807) is 6.92 Å². The Morgan fingerprint density at radius 1 is 1.17 bits per heavy atom. The zero-order valence-electron chi connectivity index (χ0n) is 17.3. The first-order chi connectivity index (χ1) is 14.4. The summed E-state index contributed by atoms with van der Waals surface area (Å²) in [7, 11) is 4.41. The van der Waals surface area contributed by atoms with Crippen molar-refractivity contribution in [1.29, 1.82) is 0 Å². The maximum absolute atomic E-state index is 12.5. The number of aromatic nitrogens is 3. The van der Waals surface area contributed by atoms with Crippen molar-refractivity contribution in [2.75, 3.05) is 25.3 Å². The second-order valence-corrected chi connectivity index (χ2v) is 8.92. The normalized spacial score (nSPS) is 14.0. The molecule has 2 aromatic heterocycles. The Morgan fingerprint density at radius 3 is 2.47 bits per heavy atom. The van der Waals surface area contributed by atoms with Gasteiger partial charge >= 0.3 is 11.9 Å².